The summed E-state index contributed by atoms with van der Waals surface area (Å²) in [5.74, 6) is 1.66. The van der Waals surface area contributed by atoms with Crippen LogP contribution in [0.25, 0.3) is 0 Å². The summed E-state index contributed by atoms with van der Waals surface area (Å²) < 4.78 is 12.6. The summed E-state index contributed by atoms with van der Waals surface area (Å²) in [5.41, 5.74) is 2.82. The third-order valence-corrected chi connectivity index (χ3v) is 3.76. The normalized spacial score (nSPS) is 17.1. The Morgan fingerprint density at radius 3 is 2.65 bits per heavy atom. The minimum atomic E-state index is -0.335. The highest BCUT2D eigenvalue weighted by Crippen LogP contribution is 2.29. The summed E-state index contributed by atoms with van der Waals surface area (Å²) in [5, 5.41) is 0. The molecule has 106 valence electrons. The summed E-state index contributed by atoms with van der Waals surface area (Å²) in [6.07, 6.45) is 0.616. The van der Waals surface area contributed by atoms with Crippen LogP contribution in [0.5, 0.6) is 5.88 Å². The molecule has 0 unspecified atom stereocenters. The summed E-state index contributed by atoms with van der Waals surface area (Å²) in [6.45, 7) is 7.93. The Kier molecular flexibility index (Phi) is 2.88. The molecule has 3 heterocycles. The zero-order valence-corrected chi connectivity index (χ0v) is 12.1. The van der Waals surface area contributed by atoms with E-state index in [9.17, 15) is 4.79 Å². The summed E-state index contributed by atoms with van der Waals surface area (Å²) in [7, 11) is 0. The molecule has 3 rings (SSSR count). The van der Waals surface area contributed by atoms with E-state index in [4.69, 9.17) is 9.15 Å². The second-order valence-corrected chi connectivity index (χ2v) is 5.20. The maximum atomic E-state index is 11.8. The zero-order chi connectivity index (χ0) is 14.4. The van der Waals surface area contributed by atoms with Crippen LogP contribution in [-0.2, 0) is 13.0 Å². The summed E-state index contributed by atoms with van der Waals surface area (Å²) in [6, 6.07) is 0. The molecule has 0 amide bonds. The number of oxazole rings is 1. The number of rotatable bonds is 2. The van der Waals surface area contributed by atoms with Crippen LogP contribution in [0.1, 0.15) is 28.5 Å². The molecule has 0 saturated heterocycles. The van der Waals surface area contributed by atoms with Crippen LogP contribution in [-0.4, -0.2) is 20.6 Å². The molecule has 0 aromatic carbocycles. The molecule has 0 bridgehead atoms. The molecule has 1 atom stereocenters. The van der Waals surface area contributed by atoms with Gasteiger partial charge in [-0.05, 0) is 27.7 Å². The van der Waals surface area contributed by atoms with Gasteiger partial charge in [-0.2, -0.15) is 4.98 Å². The topological polar surface area (TPSA) is 70.2 Å². The Morgan fingerprint density at radius 1 is 1.25 bits per heavy atom. The van der Waals surface area contributed by atoms with Crippen molar-refractivity contribution in [3.8, 4) is 5.88 Å². The predicted molar refractivity (Wildman–Crippen MR) is 72.1 cm³/mol. The molecule has 2 aromatic heterocycles. The van der Waals surface area contributed by atoms with Gasteiger partial charge in [0.15, 0.2) is 0 Å². The highest BCUT2D eigenvalue weighted by atomic mass is 16.5. The van der Waals surface area contributed by atoms with Gasteiger partial charge in [0.05, 0.1) is 12.2 Å². The van der Waals surface area contributed by atoms with Crippen molar-refractivity contribution in [2.75, 3.05) is 0 Å². The molecule has 1 aliphatic heterocycles. The largest absolute Gasteiger partial charge is 0.472 e. The quantitative estimate of drug-likeness (QED) is 0.830. The van der Waals surface area contributed by atoms with Gasteiger partial charge in [-0.15, -0.1) is 0 Å². The van der Waals surface area contributed by atoms with Crippen LogP contribution in [0.3, 0.4) is 0 Å². The summed E-state index contributed by atoms with van der Waals surface area (Å²) in [4.78, 5) is 20.4. The molecule has 0 fully saturated rings. The van der Waals surface area contributed by atoms with Gasteiger partial charge in [0.1, 0.15) is 17.7 Å². The van der Waals surface area contributed by atoms with Crippen LogP contribution < -0.4 is 10.5 Å². The van der Waals surface area contributed by atoms with E-state index >= 15 is 0 Å². The molecule has 2 aromatic rings. The van der Waals surface area contributed by atoms with Crippen molar-refractivity contribution >= 4 is 0 Å². The zero-order valence-electron chi connectivity index (χ0n) is 12.1. The molecule has 0 saturated carbocycles. The Hall–Kier alpha value is -2.11. The molecule has 1 aliphatic rings. The van der Waals surface area contributed by atoms with Gasteiger partial charge in [0.25, 0.3) is 0 Å². The van der Waals surface area contributed by atoms with Crippen LogP contribution in [0.15, 0.2) is 9.21 Å². The standard InChI is InChI=1S/C14H17N3O3/c1-7-12-5-11(20-13(12)16-10(4)15-7)6-17-8(2)9(3)19-14(17)18/h11H,5-6H2,1-4H3/t11-/m0/s1. The maximum Gasteiger partial charge on any atom is 0.419 e. The number of hydrogen-bond donors (Lipinski definition) is 0. The highest BCUT2D eigenvalue weighted by Gasteiger charge is 2.28. The number of hydrogen-bond acceptors (Lipinski definition) is 5. The average Bonchev–Trinajstić information content (AvgIpc) is 2.86. The first kappa shape index (κ1) is 12.9. The van der Waals surface area contributed by atoms with Gasteiger partial charge < -0.3 is 9.15 Å². The van der Waals surface area contributed by atoms with E-state index in [1.807, 2.05) is 20.8 Å². The van der Waals surface area contributed by atoms with Gasteiger partial charge in [0.2, 0.25) is 5.88 Å². The number of aromatic nitrogens is 3. The Bertz CT molecular complexity index is 730. The fraction of sp³-hybridized carbons (Fsp3) is 0.500. The van der Waals surface area contributed by atoms with Gasteiger partial charge in [-0.1, -0.05) is 0 Å². The first-order valence-corrected chi connectivity index (χ1v) is 6.63. The van der Waals surface area contributed by atoms with E-state index in [-0.39, 0.29) is 11.9 Å². The van der Waals surface area contributed by atoms with Crippen LogP contribution >= 0.6 is 0 Å². The molecular formula is C14H17N3O3. The predicted octanol–water partition coefficient (Wildman–Crippen LogP) is 1.47. The Balaban J connectivity index is 1.86. The van der Waals surface area contributed by atoms with E-state index < -0.39 is 0 Å². The van der Waals surface area contributed by atoms with E-state index in [0.29, 0.717) is 24.0 Å². The number of ether oxygens (including phenoxy) is 1. The van der Waals surface area contributed by atoms with Crippen LogP contribution in [0, 0.1) is 27.7 Å². The second-order valence-electron chi connectivity index (χ2n) is 5.20. The lowest BCUT2D eigenvalue weighted by atomic mass is 10.1. The van der Waals surface area contributed by atoms with Crippen molar-refractivity contribution in [2.45, 2.75) is 46.8 Å². The Morgan fingerprint density at radius 2 is 2.00 bits per heavy atom. The van der Waals surface area contributed by atoms with E-state index in [0.717, 1.165) is 23.4 Å². The first-order valence-electron chi connectivity index (χ1n) is 6.63. The van der Waals surface area contributed by atoms with Crippen LogP contribution in [0.2, 0.25) is 0 Å². The van der Waals surface area contributed by atoms with Crippen molar-refractivity contribution in [1.82, 2.24) is 14.5 Å². The minimum absolute atomic E-state index is 0.104. The minimum Gasteiger partial charge on any atom is -0.472 e. The lowest BCUT2D eigenvalue weighted by Gasteiger charge is -2.10. The SMILES string of the molecule is Cc1nc(C)c2c(n1)O[C@H](Cn1c(C)c(C)oc1=O)C2. The fourth-order valence-corrected chi connectivity index (χ4v) is 2.57. The molecule has 6 nitrogen and oxygen atoms in total. The number of nitrogens with zero attached hydrogens (tertiary/aromatic N) is 3. The van der Waals surface area contributed by atoms with Crippen molar-refractivity contribution < 1.29 is 9.15 Å². The highest BCUT2D eigenvalue weighted by molar-refractivity contribution is 5.34. The first-order chi connectivity index (χ1) is 9.45. The maximum absolute atomic E-state index is 11.8. The lowest BCUT2D eigenvalue weighted by Crippen LogP contribution is -2.27. The van der Waals surface area contributed by atoms with Crippen LogP contribution in [0.4, 0.5) is 0 Å². The van der Waals surface area contributed by atoms with Crippen molar-refractivity contribution in [3.63, 3.8) is 0 Å². The Labute approximate surface area is 116 Å². The van der Waals surface area contributed by atoms with E-state index in [1.54, 1.807) is 11.5 Å². The van der Waals surface area contributed by atoms with Crippen molar-refractivity contribution in [3.05, 3.63) is 39.1 Å². The third kappa shape index (κ3) is 2.01. The van der Waals surface area contributed by atoms with E-state index in [1.165, 1.54) is 0 Å². The molecule has 0 aliphatic carbocycles. The number of fused-ring (bicyclic) bond motifs is 1. The van der Waals surface area contributed by atoms with Gasteiger partial charge >= 0.3 is 5.76 Å². The molecule has 0 N–H and O–H groups in total. The van der Waals surface area contributed by atoms with Crippen molar-refractivity contribution in [1.29, 1.82) is 0 Å². The van der Waals surface area contributed by atoms with E-state index in [2.05, 4.69) is 9.97 Å². The van der Waals surface area contributed by atoms with Gasteiger partial charge in [-0.25, -0.2) is 9.78 Å². The molecule has 0 radical (unpaired) electrons. The molecule has 20 heavy (non-hydrogen) atoms. The monoisotopic (exact) mass is 275 g/mol. The molecule has 0 spiro atoms. The lowest BCUT2D eigenvalue weighted by molar-refractivity contribution is 0.197. The number of aryl methyl sites for hydroxylation is 3. The summed E-state index contributed by atoms with van der Waals surface area (Å²) >= 11 is 0. The third-order valence-electron chi connectivity index (χ3n) is 3.76. The average molecular weight is 275 g/mol. The van der Waals surface area contributed by atoms with Crippen molar-refractivity contribution in [2.24, 2.45) is 0 Å². The van der Waals surface area contributed by atoms with Gasteiger partial charge in [0, 0.05) is 17.7 Å². The molecule has 6 heteroatoms. The smallest absolute Gasteiger partial charge is 0.419 e. The second kappa shape index (κ2) is 4.47. The molecular weight excluding hydrogens is 258 g/mol. The van der Waals surface area contributed by atoms with Gasteiger partial charge in [-0.3, -0.25) is 4.57 Å². The fourth-order valence-electron chi connectivity index (χ4n) is 2.57.